The minimum Gasteiger partial charge on any atom is -0.444 e. The van der Waals surface area contributed by atoms with Crippen LogP contribution in [0.4, 0.5) is 14.9 Å². The second-order valence-corrected chi connectivity index (χ2v) is 5.74. The van der Waals surface area contributed by atoms with Crippen LogP contribution in [0, 0.1) is 5.82 Å². The number of hydrogen-bond acceptors (Lipinski definition) is 3. The topological polar surface area (TPSA) is 58.6 Å². The molecule has 1 aromatic carbocycles. The van der Waals surface area contributed by atoms with Crippen molar-refractivity contribution in [2.45, 2.75) is 39.3 Å². The van der Waals surface area contributed by atoms with Crippen LogP contribution in [0.15, 0.2) is 24.3 Å². The lowest BCUT2D eigenvalue weighted by atomic mass is 10.2. The van der Waals surface area contributed by atoms with Gasteiger partial charge < -0.3 is 15.0 Å². The molecule has 1 unspecified atom stereocenters. The van der Waals surface area contributed by atoms with Crippen molar-refractivity contribution in [1.29, 1.82) is 0 Å². The largest absolute Gasteiger partial charge is 0.444 e. The van der Waals surface area contributed by atoms with Crippen LogP contribution in [-0.2, 0) is 9.53 Å². The highest BCUT2D eigenvalue weighted by Gasteiger charge is 2.23. The van der Waals surface area contributed by atoms with Gasteiger partial charge in [-0.15, -0.1) is 0 Å². The number of likely N-dealkylation sites (N-methyl/N-ethyl adjacent to an activating group) is 1. The van der Waals surface area contributed by atoms with E-state index in [4.69, 9.17) is 4.74 Å². The number of ether oxygens (including phenoxy) is 1. The first kappa shape index (κ1) is 16.9. The van der Waals surface area contributed by atoms with Crippen LogP contribution in [0.1, 0.15) is 27.7 Å². The number of halogens is 1. The van der Waals surface area contributed by atoms with Crippen molar-refractivity contribution in [1.82, 2.24) is 5.32 Å². The Hall–Kier alpha value is -2.11. The van der Waals surface area contributed by atoms with Crippen LogP contribution in [0.3, 0.4) is 0 Å². The summed E-state index contributed by atoms with van der Waals surface area (Å²) >= 11 is 0. The van der Waals surface area contributed by atoms with Crippen molar-refractivity contribution in [2.75, 3.05) is 11.9 Å². The van der Waals surface area contributed by atoms with Crippen LogP contribution >= 0.6 is 0 Å². The molecule has 1 atom stereocenters. The lowest BCUT2D eigenvalue weighted by Crippen LogP contribution is -2.47. The van der Waals surface area contributed by atoms with Crippen molar-refractivity contribution in [3.8, 4) is 0 Å². The fraction of sp³-hybridized carbons (Fsp3) is 0.467. The molecule has 5 nitrogen and oxygen atoms in total. The first-order valence-corrected chi connectivity index (χ1v) is 6.63. The molecule has 0 aliphatic heterocycles. The van der Waals surface area contributed by atoms with E-state index in [2.05, 4.69) is 5.32 Å². The highest BCUT2D eigenvalue weighted by atomic mass is 19.1. The minimum atomic E-state index is -0.755. The third-order valence-electron chi connectivity index (χ3n) is 2.65. The molecule has 21 heavy (non-hydrogen) atoms. The van der Waals surface area contributed by atoms with Gasteiger partial charge >= 0.3 is 6.09 Å². The third-order valence-corrected chi connectivity index (χ3v) is 2.65. The van der Waals surface area contributed by atoms with E-state index in [0.717, 1.165) is 0 Å². The molecular formula is C15H21FN2O3. The van der Waals surface area contributed by atoms with E-state index in [1.54, 1.807) is 34.7 Å². The molecule has 0 aliphatic rings. The van der Waals surface area contributed by atoms with Gasteiger partial charge in [-0.1, -0.05) is 0 Å². The maximum atomic E-state index is 12.9. The van der Waals surface area contributed by atoms with Gasteiger partial charge in [-0.2, -0.15) is 0 Å². The summed E-state index contributed by atoms with van der Waals surface area (Å²) in [7, 11) is 1.56. The van der Waals surface area contributed by atoms with Gasteiger partial charge in [0.2, 0.25) is 5.91 Å². The highest BCUT2D eigenvalue weighted by molar-refractivity contribution is 5.97. The lowest BCUT2D eigenvalue weighted by Gasteiger charge is -2.24. The van der Waals surface area contributed by atoms with Gasteiger partial charge in [0.05, 0.1) is 0 Å². The molecule has 0 bridgehead atoms. The third kappa shape index (κ3) is 5.41. The number of hydrogen-bond donors (Lipinski definition) is 1. The number of alkyl carbamates (subject to hydrolysis) is 1. The van der Waals surface area contributed by atoms with Crippen LogP contribution in [-0.4, -0.2) is 30.7 Å². The van der Waals surface area contributed by atoms with E-state index in [9.17, 15) is 14.0 Å². The Morgan fingerprint density at radius 2 is 1.76 bits per heavy atom. The number of nitrogens with one attached hydrogen (secondary N) is 1. The van der Waals surface area contributed by atoms with E-state index >= 15 is 0 Å². The van der Waals surface area contributed by atoms with Gasteiger partial charge in [0.25, 0.3) is 0 Å². The maximum Gasteiger partial charge on any atom is 0.408 e. The molecule has 0 spiro atoms. The number of nitrogens with zero attached hydrogens (tertiary/aromatic N) is 1. The smallest absolute Gasteiger partial charge is 0.408 e. The predicted molar refractivity (Wildman–Crippen MR) is 78.6 cm³/mol. The molecule has 0 saturated heterocycles. The second kappa shape index (κ2) is 6.56. The molecule has 1 aromatic rings. The van der Waals surface area contributed by atoms with Crippen LogP contribution in [0.25, 0.3) is 0 Å². The van der Waals surface area contributed by atoms with Crippen molar-refractivity contribution in [2.24, 2.45) is 0 Å². The number of amides is 2. The molecule has 0 saturated carbocycles. The zero-order valence-electron chi connectivity index (χ0n) is 12.9. The van der Waals surface area contributed by atoms with Gasteiger partial charge in [0.1, 0.15) is 17.5 Å². The average molecular weight is 296 g/mol. The van der Waals surface area contributed by atoms with Gasteiger partial charge in [0.15, 0.2) is 0 Å². The summed E-state index contributed by atoms with van der Waals surface area (Å²) in [6.07, 6.45) is -0.657. The highest BCUT2D eigenvalue weighted by Crippen LogP contribution is 2.14. The first-order chi connectivity index (χ1) is 9.60. The first-order valence-electron chi connectivity index (χ1n) is 6.63. The molecule has 0 fully saturated rings. The molecule has 0 aromatic heterocycles. The SMILES string of the molecule is CC(NC(=O)OC(C)(C)C)C(=O)N(C)c1ccc(F)cc1. The van der Waals surface area contributed by atoms with Crippen LogP contribution in [0.2, 0.25) is 0 Å². The number of rotatable bonds is 3. The molecule has 6 heteroatoms. The molecule has 2 amide bonds. The lowest BCUT2D eigenvalue weighted by molar-refractivity contribution is -0.120. The monoisotopic (exact) mass is 296 g/mol. The minimum absolute atomic E-state index is 0.326. The van der Waals surface area contributed by atoms with Crippen molar-refractivity contribution >= 4 is 17.7 Å². The van der Waals surface area contributed by atoms with Gasteiger partial charge in [-0.3, -0.25) is 4.79 Å². The number of anilines is 1. The number of benzene rings is 1. The maximum absolute atomic E-state index is 12.9. The zero-order valence-corrected chi connectivity index (χ0v) is 12.9. The molecule has 1 N–H and O–H groups in total. The summed E-state index contributed by atoms with van der Waals surface area (Å²) in [6, 6.07) is 4.77. The van der Waals surface area contributed by atoms with E-state index in [1.165, 1.54) is 29.2 Å². The Balaban J connectivity index is 2.65. The summed E-state index contributed by atoms with van der Waals surface area (Å²) in [4.78, 5) is 25.2. The molecule has 1 rings (SSSR count). The summed E-state index contributed by atoms with van der Waals surface area (Å²) < 4.78 is 18.0. The Labute approximate surface area is 124 Å². The van der Waals surface area contributed by atoms with Gasteiger partial charge in [-0.05, 0) is 52.0 Å². The van der Waals surface area contributed by atoms with Gasteiger partial charge in [0, 0.05) is 12.7 Å². The fourth-order valence-electron chi connectivity index (χ4n) is 1.63. The van der Waals surface area contributed by atoms with Crippen molar-refractivity contribution < 1.29 is 18.7 Å². The van der Waals surface area contributed by atoms with Crippen molar-refractivity contribution in [3.05, 3.63) is 30.1 Å². The Bertz CT molecular complexity index is 509. The quantitative estimate of drug-likeness (QED) is 0.933. The normalized spacial score (nSPS) is 12.5. The summed E-state index contributed by atoms with van der Waals surface area (Å²) in [5.74, 6) is -0.702. The summed E-state index contributed by atoms with van der Waals surface area (Å²) in [5.41, 5.74) is -0.0883. The second-order valence-electron chi connectivity index (χ2n) is 5.74. The Morgan fingerprint density at radius 1 is 1.24 bits per heavy atom. The van der Waals surface area contributed by atoms with Crippen LogP contribution < -0.4 is 10.2 Å². The van der Waals surface area contributed by atoms with Crippen LogP contribution in [0.5, 0.6) is 0 Å². The standard InChI is InChI=1S/C15H21FN2O3/c1-10(17-14(20)21-15(2,3)4)13(19)18(5)12-8-6-11(16)7-9-12/h6-10H,1-5H3,(H,17,20). The van der Waals surface area contributed by atoms with Gasteiger partial charge in [-0.25, -0.2) is 9.18 Å². The molecule has 116 valence electrons. The summed E-state index contributed by atoms with van der Waals surface area (Å²) in [5, 5.41) is 2.47. The predicted octanol–water partition coefficient (Wildman–Crippen LogP) is 2.70. The Kier molecular flexibility index (Phi) is 5.29. The van der Waals surface area contributed by atoms with E-state index < -0.39 is 17.7 Å². The molecular weight excluding hydrogens is 275 g/mol. The van der Waals surface area contributed by atoms with E-state index in [1.807, 2.05) is 0 Å². The van der Waals surface area contributed by atoms with E-state index in [-0.39, 0.29) is 11.7 Å². The molecule has 0 aliphatic carbocycles. The zero-order chi connectivity index (χ0) is 16.2. The number of carbonyl (C=O) groups excluding carboxylic acids is 2. The molecule has 0 heterocycles. The number of carbonyl (C=O) groups is 2. The summed E-state index contributed by atoms with van der Waals surface area (Å²) in [6.45, 7) is 6.78. The van der Waals surface area contributed by atoms with Crippen molar-refractivity contribution in [3.63, 3.8) is 0 Å². The average Bonchev–Trinajstić information content (AvgIpc) is 2.35. The molecule has 0 radical (unpaired) electrons. The fourth-order valence-corrected chi connectivity index (χ4v) is 1.63. The van der Waals surface area contributed by atoms with E-state index in [0.29, 0.717) is 5.69 Å². The Morgan fingerprint density at radius 3 is 2.24 bits per heavy atom.